The first kappa shape index (κ1) is 6.92. The number of rotatable bonds is 3. The van der Waals surface area contributed by atoms with E-state index >= 15 is 0 Å². The molecular weight excluding hydrogens is 88.1 g/mol. The predicted molar refractivity (Wildman–Crippen MR) is 30.7 cm³/mol. The Bertz CT molecular complexity index is 37.1. The minimum Gasteiger partial charge on any atom is -0.345 e. The van der Waals surface area contributed by atoms with Crippen LogP contribution < -0.4 is 5.73 Å². The van der Waals surface area contributed by atoms with E-state index in [0.29, 0.717) is 0 Å². The van der Waals surface area contributed by atoms with Crippen LogP contribution in [-0.2, 0) is 0 Å². The van der Waals surface area contributed by atoms with E-state index in [9.17, 15) is 0 Å². The average Bonchev–Trinajstić information content (AvgIpc) is 1.68. The van der Waals surface area contributed by atoms with Gasteiger partial charge in [0.05, 0.1) is 0 Å². The number of quaternary nitrogens is 1. The SMILES string of the molecule is CCCN(C)C[NH3+]. The molecule has 0 unspecified atom stereocenters. The summed E-state index contributed by atoms with van der Waals surface area (Å²) in [7, 11) is 2.08. The summed E-state index contributed by atoms with van der Waals surface area (Å²) in [6.45, 7) is 4.27. The molecule has 0 amide bonds. The number of hydrogen-bond donors (Lipinski definition) is 1. The van der Waals surface area contributed by atoms with Crippen LogP contribution in [0.2, 0.25) is 0 Å². The molecule has 0 radical (unpaired) electrons. The molecule has 0 saturated heterocycles. The van der Waals surface area contributed by atoms with Crippen LogP contribution in [0.25, 0.3) is 0 Å². The minimum atomic E-state index is 0.924. The summed E-state index contributed by atoms with van der Waals surface area (Å²) in [5.74, 6) is 0. The molecule has 44 valence electrons. The zero-order valence-corrected chi connectivity index (χ0v) is 5.28. The molecule has 0 aliphatic heterocycles. The lowest BCUT2D eigenvalue weighted by molar-refractivity contribution is -0.398. The third kappa shape index (κ3) is 3.76. The monoisotopic (exact) mass is 103 g/mol. The normalized spacial score (nSPS) is 10.3. The van der Waals surface area contributed by atoms with E-state index in [1.54, 1.807) is 0 Å². The zero-order valence-electron chi connectivity index (χ0n) is 5.28. The standard InChI is InChI=1S/C5H14N2/c1-3-4-7(2)5-6/h3-6H2,1-2H3/p+1. The van der Waals surface area contributed by atoms with E-state index in [0.717, 1.165) is 6.67 Å². The molecule has 0 bridgehead atoms. The smallest absolute Gasteiger partial charge is 0.130 e. The lowest BCUT2D eigenvalue weighted by atomic mass is 10.5. The van der Waals surface area contributed by atoms with Gasteiger partial charge in [-0.15, -0.1) is 0 Å². The second kappa shape index (κ2) is 4.09. The number of hydrogen-bond acceptors (Lipinski definition) is 1. The van der Waals surface area contributed by atoms with Crippen molar-refractivity contribution in [1.82, 2.24) is 4.90 Å². The maximum absolute atomic E-state index is 3.73. The van der Waals surface area contributed by atoms with E-state index in [-0.39, 0.29) is 0 Å². The van der Waals surface area contributed by atoms with Crippen molar-refractivity contribution in [2.24, 2.45) is 0 Å². The van der Waals surface area contributed by atoms with Crippen molar-refractivity contribution in [2.45, 2.75) is 13.3 Å². The highest BCUT2D eigenvalue weighted by atomic mass is 15.1. The van der Waals surface area contributed by atoms with Crippen molar-refractivity contribution in [3.63, 3.8) is 0 Å². The Kier molecular flexibility index (Phi) is 4.04. The quantitative estimate of drug-likeness (QED) is 0.481. The van der Waals surface area contributed by atoms with Crippen molar-refractivity contribution < 1.29 is 5.73 Å². The van der Waals surface area contributed by atoms with Crippen LogP contribution in [0.4, 0.5) is 0 Å². The van der Waals surface area contributed by atoms with Gasteiger partial charge >= 0.3 is 0 Å². The van der Waals surface area contributed by atoms with Crippen LogP contribution in [0.1, 0.15) is 13.3 Å². The average molecular weight is 103 g/mol. The molecule has 0 rings (SSSR count). The highest BCUT2D eigenvalue weighted by molar-refractivity contribution is 4.36. The molecule has 7 heavy (non-hydrogen) atoms. The Labute approximate surface area is 45.3 Å². The van der Waals surface area contributed by atoms with Crippen molar-refractivity contribution in [3.05, 3.63) is 0 Å². The van der Waals surface area contributed by atoms with E-state index in [2.05, 4.69) is 24.6 Å². The highest BCUT2D eigenvalue weighted by Crippen LogP contribution is 1.78. The first-order chi connectivity index (χ1) is 3.31. The lowest BCUT2D eigenvalue weighted by Crippen LogP contribution is -2.57. The van der Waals surface area contributed by atoms with Crippen LogP contribution >= 0.6 is 0 Å². The van der Waals surface area contributed by atoms with Gasteiger partial charge in [-0.25, -0.2) is 0 Å². The summed E-state index contributed by atoms with van der Waals surface area (Å²) < 4.78 is 0. The second-order valence-corrected chi connectivity index (χ2v) is 1.80. The van der Waals surface area contributed by atoms with Gasteiger partial charge in [-0.1, -0.05) is 6.92 Å². The van der Waals surface area contributed by atoms with Crippen molar-refractivity contribution in [3.8, 4) is 0 Å². The lowest BCUT2D eigenvalue weighted by Gasteiger charge is -2.07. The van der Waals surface area contributed by atoms with Gasteiger partial charge in [0.1, 0.15) is 6.67 Å². The summed E-state index contributed by atoms with van der Waals surface area (Å²) in [5.41, 5.74) is 3.73. The van der Waals surface area contributed by atoms with Crippen LogP contribution in [0.15, 0.2) is 0 Å². The van der Waals surface area contributed by atoms with E-state index in [1.807, 2.05) is 0 Å². The Morgan fingerprint density at radius 1 is 1.57 bits per heavy atom. The molecule has 0 aliphatic rings. The largest absolute Gasteiger partial charge is 0.345 e. The maximum Gasteiger partial charge on any atom is 0.130 e. The molecule has 2 heteroatoms. The topological polar surface area (TPSA) is 30.9 Å². The van der Waals surface area contributed by atoms with Crippen LogP contribution in [0.5, 0.6) is 0 Å². The highest BCUT2D eigenvalue weighted by Gasteiger charge is 1.89. The van der Waals surface area contributed by atoms with Gasteiger partial charge < -0.3 is 5.73 Å². The molecule has 2 nitrogen and oxygen atoms in total. The van der Waals surface area contributed by atoms with E-state index in [1.165, 1.54) is 13.0 Å². The van der Waals surface area contributed by atoms with Crippen LogP contribution in [0.3, 0.4) is 0 Å². The number of nitrogens with zero attached hydrogens (tertiary/aromatic N) is 1. The first-order valence-corrected chi connectivity index (χ1v) is 2.79. The zero-order chi connectivity index (χ0) is 5.70. The summed E-state index contributed by atoms with van der Waals surface area (Å²) >= 11 is 0. The minimum absolute atomic E-state index is 0.924. The molecule has 0 aromatic rings. The van der Waals surface area contributed by atoms with Crippen molar-refractivity contribution in [2.75, 3.05) is 20.3 Å². The molecule has 0 fully saturated rings. The summed E-state index contributed by atoms with van der Waals surface area (Å²) in [6, 6.07) is 0. The van der Waals surface area contributed by atoms with Crippen molar-refractivity contribution in [1.29, 1.82) is 0 Å². The molecule has 0 heterocycles. The second-order valence-electron chi connectivity index (χ2n) is 1.80. The molecular formula is C5H15N2+. The Morgan fingerprint density at radius 3 is 2.29 bits per heavy atom. The molecule has 3 N–H and O–H groups in total. The van der Waals surface area contributed by atoms with E-state index < -0.39 is 0 Å². The van der Waals surface area contributed by atoms with Crippen molar-refractivity contribution >= 4 is 0 Å². The molecule has 0 aromatic carbocycles. The Hall–Kier alpha value is -0.0800. The summed E-state index contributed by atoms with van der Waals surface area (Å²) in [5, 5.41) is 0. The molecule has 0 aromatic heterocycles. The van der Waals surface area contributed by atoms with Gasteiger partial charge in [0.2, 0.25) is 0 Å². The fourth-order valence-electron chi connectivity index (χ4n) is 0.494. The van der Waals surface area contributed by atoms with Gasteiger partial charge in [0.15, 0.2) is 0 Å². The third-order valence-electron chi connectivity index (χ3n) is 0.987. The van der Waals surface area contributed by atoms with Gasteiger partial charge in [-0.3, -0.25) is 4.90 Å². The van der Waals surface area contributed by atoms with E-state index in [4.69, 9.17) is 0 Å². The van der Waals surface area contributed by atoms with Gasteiger partial charge in [0, 0.05) is 6.54 Å². The van der Waals surface area contributed by atoms with Crippen LogP contribution in [-0.4, -0.2) is 25.2 Å². The summed E-state index contributed by atoms with van der Waals surface area (Å²) in [4.78, 5) is 2.19. The molecule has 0 spiro atoms. The Balaban J connectivity index is 2.83. The van der Waals surface area contributed by atoms with Crippen LogP contribution in [0, 0.1) is 0 Å². The maximum atomic E-state index is 3.73. The third-order valence-corrected chi connectivity index (χ3v) is 0.987. The first-order valence-electron chi connectivity index (χ1n) is 2.79. The predicted octanol–water partition coefficient (Wildman–Crippen LogP) is -0.472. The van der Waals surface area contributed by atoms with Gasteiger partial charge in [0.25, 0.3) is 0 Å². The van der Waals surface area contributed by atoms with Gasteiger partial charge in [-0.05, 0) is 13.5 Å². The fourth-order valence-corrected chi connectivity index (χ4v) is 0.494. The summed E-state index contributed by atoms with van der Waals surface area (Å²) in [6.07, 6.45) is 1.23. The Morgan fingerprint density at radius 2 is 2.14 bits per heavy atom. The molecule has 0 atom stereocenters. The fraction of sp³-hybridized carbons (Fsp3) is 1.00. The molecule has 0 saturated carbocycles. The van der Waals surface area contributed by atoms with Gasteiger partial charge in [-0.2, -0.15) is 0 Å². The molecule has 0 aliphatic carbocycles.